The van der Waals surface area contributed by atoms with E-state index in [1.807, 2.05) is 6.92 Å². The summed E-state index contributed by atoms with van der Waals surface area (Å²) in [5, 5.41) is 8.74. The minimum atomic E-state index is -0.983. The fraction of sp³-hybridized carbons (Fsp3) is 0.273. The lowest BCUT2D eigenvalue weighted by atomic mass is 10.2. The van der Waals surface area contributed by atoms with Crippen molar-refractivity contribution < 1.29 is 19.4 Å². The van der Waals surface area contributed by atoms with Crippen LogP contribution >= 0.6 is 0 Å². The summed E-state index contributed by atoms with van der Waals surface area (Å²) < 4.78 is 4.88. The molecule has 1 aromatic carbocycles. The number of carbonyl (C=O) groups excluding carboxylic acids is 1. The Hall–Kier alpha value is -2.04. The Morgan fingerprint density at radius 1 is 1.44 bits per heavy atom. The first-order valence-electron chi connectivity index (χ1n) is 4.89. The summed E-state index contributed by atoms with van der Waals surface area (Å²) in [5.41, 5.74) is 0.851. The normalized spacial score (nSPS) is 19.7. The molecule has 1 atom stereocenters. The second kappa shape index (κ2) is 3.84. The third-order valence-corrected chi connectivity index (χ3v) is 2.48. The third-order valence-electron chi connectivity index (χ3n) is 2.48. The lowest BCUT2D eigenvalue weighted by molar-refractivity contribution is 0.0697. The van der Waals surface area contributed by atoms with Gasteiger partial charge in [0.25, 0.3) is 0 Å². The van der Waals surface area contributed by atoms with Crippen LogP contribution in [0.5, 0.6) is 0 Å². The maximum atomic E-state index is 11.4. The standard InChI is InChI=1S/C11H11NO4/c1-7-6-16-11(15)12(7)9-4-2-8(3-5-9)10(13)14/h2-5,7H,6H2,1H3,(H,13,14). The number of anilines is 1. The number of carbonyl (C=O) groups is 2. The maximum absolute atomic E-state index is 11.4. The van der Waals surface area contributed by atoms with E-state index >= 15 is 0 Å². The second-order valence-electron chi connectivity index (χ2n) is 3.65. The highest BCUT2D eigenvalue weighted by Crippen LogP contribution is 2.23. The molecule has 2 rings (SSSR count). The van der Waals surface area contributed by atoms with E-state index in [4.69, 9.17) is 9.84 Å². The topological polar surface area (TPSA) is 66.8 Å². The highest BCUT2D eigenvalue weighted by atomic mass is 16.6. The van der Waals surface area contributed by atoms with E-state index in [0.717, 1.165) is 0 Å². The lowest BCUT2D eigenvalue weighted by Crippen LogP contribution is -2.30. The zero-order valence-corrected chi connectivity index (χ0v) is 8.71. The van der Waals surface area contributed by atoms with Crippen LogP contribution in [0, 0.1) is 0 Å². The van der Waals surface area contributed by atoms with E-state index in [2.05, 4.69) is 0 Å². The molecule has 1 aliphatic heterocycles. The number of carboxylic acid groups (broad SMARTS) is 1. The summed E-state index contributed by atoms with van der Waals surface area (Å²) in [7, 11) is 0. The molecule has 1 saturated heterocycles. The molecule has 84 valence electrons. The zero-order valence-electron chi connectivity index (χ0n) is 8.71. The van der Waals surface area contributed by atoms with Crippen molar-refractivity contribution in [2.24, 2.45) is 0 Å². The van der Waals surface area contributed by atoms with Crippen LogP contribution in [0.4, 0.5) is 10.5 Å². The molecule has 1 heterocycles. The van der Waals surface area contributed by atoms with Crippen LogP contribution in [-0.2, 0) is 4.74 Å². The molecule has 0 saturated carbocycles. The Morgan fingerprint density at radius 3 is 2.50 bits per heavy atom. The Kier molecular flexibility index (Phi) is 2.52. The number of carboxylic acids is 1. The molecule has 1 aliphatic rings. The molecule has 1 aromatic rings. The molecule has 0 radical (unpaired) electrons. The van der Waals surface area contributed by atoms with Crippen LogP contribution in [0.3, 0.4) is 0 Å². The molecule has 0 spiro atoms. The molecule has 5 heteroatoms. The summed E-state index contributed by atoms with van der Waals surface area (Å²) in [6.07, 6.45) is -0.393. The van der Waals surface area contributed by atoms with Gasteiger partial charge in [-0.2, -0.15) is 0 Å². The number of hydrogen-bond donors (Lipinski definition) is 1. The van der Waals surface area contributed by atoms with E-state index in [1.165, 1.54) is 17.0 Å². The van der Waals surface area contributed by atoms with Crippen molar-refractivity contribution in [3.63, 3.8) is 0 Å². The summed E-state index contributed by atoms with van der Waals surface area (Å²) >= 11 is 0. The second-order valence-corrected chi connectivity index (χ2v) is 3.65. The maximum Gasteiger partial charge on any atom is 0.414 e. The number of ether oxygens (including phenoxy) is 1. The predicted octanol–water partition coefficient (Wildman–Crippen LogP) is 1.73. The van der Waals surface area contributed by atoms with Gasteiger partial charge in [-0.3, -0.25) is 4.90 Å². The van der Waals surface area contributed by atoms with Gasteiger partial charge in [0.05, 0.1) is 11.6 Å². The Labute approximate surface area is 92.2 Å². The Bertz CT molecular complexity index is 426. The van der Waals surface area contributed by atoms with Gasteiger partial charge in [0.1, 0.15) is 6.61 Å². The highest BCUT2D eigenvalue weighted by Gasteiger charge is 2.30. The lowest BCUT2D eigenvalue weighted by Gasteiger charge is -2.17. The fourth-order valence-corrected chi connectivity index (χ4v) is 1.64. The van der Waals surface area contributed by atoms with E-state index in [0.29, 0.717) is 12.3 Å². The number of cyclic esters (lactones) is 1. The minimum Gasteiger partial charge on any atom is -0.478 e. The first-order chi connectivity index (χ1) is 7.59. The number of hydrogen-bond acceptors (Lipinski definition) is 3. The SMILES string of the molecule is CC1COC(=O)N1c1ccc(C(=O)O)cc1. The number of aromatic carboxylic acids is 1. The van der Waals surface area contributed by atoms with Crippen LogP contribution in [0.25, 0.3) is 0 Å². The molecule has 0 aromatic heterocycles. The van der Waals surface area contributed by atoms with Gasteiger partial charge in [-0.15, -0.1) is 0 Å². The van der Waals surface area contributed by atoms with Gasteiger partial charge in [-0.1, -0.05) is 0 Å². The summed E-state index contributed by atoms with van der Waals surface area (Å²) in [6.45, 7) is 2.23. The zero-order chi connectivity index (χ0) is 11.7. The molecule has 5 nitrogen and oxygen atoms in total. The van der Waals surface area contributed by atoms with E-state index in [1.54, 1.807) is 12.1 Å². The summed E-state index contributed by atoms with van der Waals surface area (Å²) in [4.78, 5) is 23.6. The van der Waals surface area contributed by atoms with Gasteiger partial charge in [-0.25, -0.2) is 9.59 Å². The quantitative estimate of drug-likeness (QED) is 0.825. The molecule has 1 N–H and O–H groups in total. The van der Waals surface area contributed by atoms with Crippen molar-refractivity contribution in [1.29, 1.82) is 0 Å². The van der Waals surface area contributed by atoms with Crippen molar-refractivity contribution >= 4 is 17.7 Å². The Morgan fingerprint density at radius 2 is 2.06 bits per heavy atom. The van der Waals surface area contributed by atoms with Crippen molar-refractivity contribution in [3.05, 3.63) is 29.8 Å². The first kappa shape index (κ1) is 10.5. The molecule has 16 heavy (non-hydrogen) atoms. The van der Waals surface area contributed by atoms with Gasteiger partial charge in [0.15, 0.2) is 0 Å². The number of nitrogens with zero attached hydrogens (tertiary/aromatic N) is 1. The van der Waals surface area contributed by atoms with Crippen LogP contribution < -0.4 is 4.90 Å². The minimum absolute atomic E-state index is 0.0248. The summed E-state index contributed by atoms with van der Waals surface area (Å²) in [5.74, 6) is -0.983. The summed E-state index contributed by atoms with van der Waals surface area (Å²) in [6, 6.07) is 6.12. The average Bonchev–Trinajstić information content (AvgIpc) is 2.59. The smallest absolute Gasteiger partial charge is 0.414 e. The average molecular weight is 221 g/mol. The number of amides is 1. The van der Waals surface area contributed by atoms with Crippen molar-refractivity contribution in [2.75, 3.05) is 11.5 Å². The van der Waals surface area contributed by atoms with Crippen molar-refractivity contribution in [3.8, 4) is 0 Å². The van der Waals surface area contributed by atoms with Crippen molar-refractivity contribution in [1.82, 2.24) is 0 Å². The van der Waals surface area contributed by atoms with Crippen molar-refractivity contribution in [2.45, 2.75) is 13.0 Å². The molecular formula is C11H11NO4. The molecule has 1 amide bonds. The molecular weight excluding hydrogens is 210 g/mol. The Balaban J connectivity index is 2.27. The van der Waals surface area contributed by atoms with Gasteiger partial charge >= 0.3 is 12.1 Å². The van der Waals surface area contributed by atoms with E-state index in [9.17, 15) is 9.59 Å². The van der Waals surface area contributed by atoms with Crippen LogP contribution in [-0.4, -0.2) is 29.8 Å². The van der Waals surface area contributed by atoms with Gasteiger partial charge < -0.3 is 9.84 Å². The number of benzene rings is 1. The van der Waals surface area contributed by atoms with Gasteiger partial charge in [0.2, 0.25) is 0 Å². The first-order valence-corrected chi connectivity index (χ1v) is 4.89. The molecule has 0 aliphatic carbocycles. The van der Waals surface area contributed by atoms with Gasteiger partial charge in [0, 0.05) is 5.69 Å². The third kappa shape index (κ3) is 1.71. The van der Waals surface area contributed by atoms with Crippen LogP contribution in [0.15, 0.2) is 24.3 Å². The van der Waals surface area contributed by atoms with Gasteiger partial charge in [-0.05, 0) is 31.2 Å². The monoisotopic (exact) mass is 221 g/mol. The van der Waals surface area contributed by atoms with E-state index < -0.39 is 12.1 Å². The predicted molar refractivity (Wildman–Crippen MR) is 56.7 cm³/mol. The number of rotatable bonds is 2. The highest BCUT2D eigenvalue weighted by molar-refractivity contribution is 5.92. The van der Waals surface area contributed by atoms with Crippen LogP contribution in [0.1, 0.15) is 17.3 Å². The van der Waals surface area contributed by atoms with Crippen LogP contribution in [0.2, 0.25) is 0 Å². The van der Waals surface area contributed by atoms with E-state index in [-0.39, 0.29) is 11.6 Å². The fourth-order valence-electron chi connectivity index (χ4n) is 1.64. The molecule has 1 unspecified atom stereocenters. The molecule has 0 bridgehead atoms. The molecule has 1 fully saturated rings. The largest absolute Gasteiger partial charge is 0.478 e.